The van der Waals surface area contributed by atoms with E-state index in [4.69, 9.17) is 4.74 Å². The molecule has 0 unspecified atom stereocenters. The van der Waals surface area contributed by atoms with Gasteiger partial charge < -0.3 is 4.74 Å². The van der Waals surface area contributed by atoms with E-state index in [0.717, 1.165) is 11.3 Å². The fraction of sp³-hybridized carbons (Fsp3) is 0.158. The molecule has 1 fully saturated rings. The van der Waals surface area contributed by atoms with Gasteiger partial charge in [-0.3, -0.25) is 14.5 Å². The maximum atomic E-state index is 12.1. The van der Waals surface area contributed by atoms with E-state index in [1.54, 1.807) is 13.0 Å². The highest BCUT2D eigenvalue weighted by atomic mass is 16.5. The molecule has 116 valence electrons. The predicted molar refractivity (Wildman–Crippen MR) is 87.9 cm³/mol. The number of nitrogens with zero attached hydrogens (tertiary/aromatic N) is 1. The van der Waals surface area contributed by atoms with Crippen molar-refractivity contribution in [1.29, 1.82) is 0 Å². The van der Waals surface area contributed by atoms with Gasteiger partial charge in [0.05, 0.1) is 6.42 Å². The zero-order valence-corrected chi connectivity index (χ0v) is 12.9. The molecule has 3 rings (SSSR count). The second kappa shape index (κ2) is 6.48. The molecule has 2 aromatic carbocycles. The average Bonchev–Trinajstić information content (AvgIpc) is 2.82. The topological polar surface area (TPSA) is 46.6 Å². The average molecular weight is 307 g/mol. The first-order valence-electron chi connectivity index (χ1n) is 7.55. The van der Waals surface area contributed by atoms with Gasteiger partial charge in [-0.2, -0.15) is 0 Å². The Hall–Kier alpha value is -2.88. The summed E-state index contributed by atoms with van der Waals surface area (Å²) in [6.45, 7) is 2.21. The van der Waals surface area contributed by atoms with Gasteiger partial charge in [-0.05, 0) is 42.8 Å². The molecule has 0 radical (unpaired) electrons. The van der Waals surface area contributed by atoms with Crippen molar-refractivity contribution < 1.29 is 14.3 Å². The van der Waals surface area contributed by atoms with E-state index in [2.05, 4.69) is 0 Å². The van der Waals surface area contributed by atoms with Gasteiger partial charge in [-0.1, -0.05) is 30.3 Å². The van der Waals surface area contributed by atoms with Crippen molar-refractivity contribution in [2.45, 2.75) is 13.3 Å². The minimum Gasteiger partial charge on any atom is -0.457 e. The first-order valence-corrected chi connectivity index (χ1v) is 7.55. The maximum Gasteiger partial charge on any atom is 0.256 e. The van der Waals surface area contributed by atoms with Crippen molar-refractivity contribution in [2.75, 3.05) is 6.54 Å². The number of hydrogen-bond donors (Lipinski definition) is 0. The van der Waals surface area contributed by atoms with Crippen molar-refractivity contribution in [1.82, 2.24) is 4.90 Å². The number of imide groups is 1. The molecule has 0 spiro atoms. The zero-order valence-electron chi connectivity index (χ0n) is 12.9. The van der Waals surface area contributed by atoms with Gasteiger partial charge in [-0.15, -0.1) is 0 Å². The summed E-state index contributed by atoms with van der Waals surface area (Å²) in [5.41, 5.74) is 1.36. The summed E-state index contributed by atoms with van der Waals surface area (Å²) < 4.78 is 5.78. The van der Waals surface area contributed by atoms with Gasteiger partial charge in [0.1, 0.15) is 11.5 Å². The summed E-state index contributed by atoms with van der Waals surface area (Å²) in [4.78, 5) is 25.2. The van der Waals surface area contributed by atoms with Crippen LogP contribution in [0.25, 0.3) is 6.08 Å². The van der Waals surface area contributed by atoms with Crippen LogP contribution in [0.3, 0.4) is 0 Å². The molecule has 1 saturated heterocycles. The molecular formula is C19H17NO3. The van der Waals surface area contributed by atoms with Gasteiger partial charge in [0.2, 0.25) is 5.91 Å². The standard InChI is InChI=1S/C19H17NO3/c1-2-20-18(21)13-15(19(20)22)11-14-7-6-10-17(12-14)23-16-8-4-3-5-9-16/h3-12H,2,13H2,1H3. The van der Waals surface area contributed by atoms with Crippen molar-refractivity contribution in [3.63, 3.8) is 0 Å². The molecule has 4 nitrogen and oxygen atoms in total. The van der Waals surface area contributed by atoms with Crippen LogP contribution < -0.4 is 4.74 Å². The smallest absolute Gasteiger partial charge is 0.256 e. The SMILES string of the molecule is CCN1C(=O)CC(=Cc2cccc(Oc3ccccc3)c2)C1=O. The number of amides is 2. The summed E-state index contributed by atoms with van der Waals surface area (Å²) in [5, 5.41) is 0. The Balaban J connectivity index is 1.82. The molecule has 4 heteroatoms. The molecule has 0 aliphatic carbocycles. The van der Waals surface area contributed by atoms with E-state index >= 15 is 0 Å². The van der Waals surface area contributed by atoms with Crippen molar-refractivity contribution in [3.8, 4) is 11.5 Å². The first-order chi connectivity index (χ1) is 11.2. The first kappa shape index (κ1) is 15.0. The van der Waals surface area contributed by atoms with Crippen LogP contribution in [0.1, 0.15) is 18.9 Å². The largest absolute Gasteiger partial charge is 0.457 e. The molecule has 2 amide bonds. The number of ether oxygens (including phenoxy) is 1. The monoisotopic (exact) mass is 307 g/mol. The lowest BCUT2D eigenvalue weighted by Crippen LogP contribution is -2.28. The van der Waals surface area contributed by atoms with Gasteiger partial charge in [0, 0.05) is 12.1 Å². The van der Waals surface area contributed by atoms with Crippen LogP contribution in [0.4, 0.5) is 0 Å². The van der Waals surface area contributed by atoms with E-state index in [9.17, 15) is 9.59 Å². The number of hydrogen-bond acceptors (Lipinski definition) is 3. The number of benzene rings is 2. The Bertz CT molecular complexity index is 765. The van der Waals surface area contributed by atoms with E-state index in [1.165, 1.54) is 4.90 Å². The third kappa shape index (κ3) is 3.31. The van der Waals surface area contributed by atoms with E-state index in [0.29, 0.717) is 17.9 Å². The summed E-state index contributed by atoms with van der Waals surface area (Å²) in [6.07, 6.45) is 1.92. The quantitative estimate of drug-likeness (QED) is 0.640. The van der Waals surface area contributed by atoms with Crippen molar-refractivity contribution in [3.05, 3.63) is 65.7 Å². The Kier molecular flexibility index (Phi) is 4.24. The number of likely N-dealkylation sites (N-methyl/N-ethyl adjacent to an activating group) is 1. The van der Waals surface area contributed by atoms with Gasteiger partial charge in [0.15, 0.2) is 0 Å². The van der Waals surface area contributed by atoms with Crippen LogP contribution in [0.15, 0.2) is 60.2 Å². The number of para-hydroxylation sites is 1. The van der Waals surface area contributed by atoms with E-state index < -0.39 is 0 Å². The molecule has 1 aliphatic rings. The molecule has 0 bridgehead atoms. The number of carbonyl (C=O) groups excluding carboxylic acids is 2. The summed E-state index contributed by atoms with van der Waals surface area (Å²) in [7, 11) is 0. The molecule has 1 aliphatic heterocycles. The van der Waals surface area contributed by atoms with Crippen LogP contribution in [0.2, 0.25) is 0 Å². The number of likely N-dealkylation sites (tertiary alicyclic amines) is 1. The highest BCUT2D eigenvalue weighted by Gasteiger charge is 2.32. The third-order valence-corrected chi connectivity index (χ3v) is 3.66. The van der Waals surface area contributed by atoms with Crippen LogP contribution in [-0.2, 0) is 9.59 Å². The summed E-state index contributed by atoms with van der Waals surface area (Å²) in [6, 6.07) is 17.0. The van der Waals surface area contributed by atoms with Gasteiger partial charge in [0.25, 0.3) is 5.91 Å². The normalized spacial score (nSPS) is 16.2. The minimum absolute atomic E-state index is 0.138. The molecule has 1 heterocycles. The Morgan fingerprint density at radius 1 is 1.04 bits per heavy atom. The van der Waals surface area contributed by atoms with Crippen LogP contribution in [0, 0.1) is 0 Å². The fourth-order valence-electron chi connectivity index (χ4n) is 2.55. The predicted octanol–water partition coefficient (Wildman–Crippen LogP) is 3.64. The highest BCUT2D eigenvalue weighted by Crippen LogP contribution is 2.25. The second-order valence-electron chi connectivity index (χ2n) is 5.28. The van der Waals surface area contributed by atoms with E-state index in [1.807, 2.05) is 54.6 Å². The molecule has 23 heavy (non-hydrogen) atoms. The lowest BCUT2D eigenvalue weighted by atomic mass is 10.1. The van der Waals surface area contributed by atoms with E-state index in [-0.39, 0.29) is 18.2 Å². The van der Waals surface area contributed by atoms with Crippen LogP contribution in [0.5, 0.6) is 11.5 Å². The van der Waals surface area contributed by atoms with Crippen LogP contribution in [-0.4, -0.2) is 23.3 Å². The van der Waals surface area contributed by atoms with Crippen molar-refractivity contribution in [2.24, 2.45) is 0 Å². The maximum absolute atomic E-state index is 12.1. The van der Waals surface area contributed by atoms with Gasteiger partial charge in [-0.25, -0.2) is 0 Å². The second-order valence-corrected chi connectivity index (χ2v) is 5.28. The Labute approximate surface area is 135 Å². The Morgan fingerprint density at radius 2 is 1.78 bits per heavy atom. The summed E-state index contributed by atoms with van der Waals surface area (Å²) in [5.74, 6) is 1.10. The molecule has 0 saturated carbocycles. The molecule has 0 aromatic heterocycles. The molecule has 0 N–H and O–H groups in total. The van der Waals surface area contributed by atoms with Gasteiger partial charge >= 0.3 is 0 Å². The summed E-state index contributed by atoms with van der Waals surface area (Å²) >= 11 is 0. The molecular weight excluding hydrogens is 290 g/mol. The van der Waals surface area contributed by atoms with Crippen molar-refractivity contribution >= 4 is 17.9 Å². The molecule has 0 atom stereocenters. The third-order valence-electron chi connectivity index (χ3n) is 3.66. The Morgan fingerprint density at radius 3 is 2.48 bits per heavy atom. The highest BCUT2D eigenvalue weighted by molar-refractivity contribution is 6.15. The fourth-order valence-corrected chi connectivity index (χ4v) is 2.55. The number of rotatable bonds is 4. The molecule has 2 aromatic rings. The van der Waals surface area contributed by atoms with Crippen LogP contribution >= 0.6 is 0 Å². The lowest BCUT2D eigenvalue weighted by molar-refractivity contribution is -0.137. The zero-order chi connectivity index (χ0) is 16.2. The number of carbonyl (C=O) groups is 2. The minimum atomic E-state index is -0.202. The lowest BCUT2D eigenvalue weighted by Gasteiger charge is -2.08.